The molecule has 0 unspecified atom stereocenters. The Hall–Kier alpha value is -4.05. The van der Waals surface area contributed by atoms with Crippen LogP contribution in [-0.2, 0) is 26.1 Å². The molecule has 1 amide bonds. The molecule has 0 radical (unpaired) electrons. The number of anilines is 1. The number of amides is 1. The van der Waals surface area contributed by atoms with Gasteiger partial charge >= 0.3 is 5.97 Å². The minimum absolute atomic E-state index is 0.0783. The standard InChI is InChI=1S/C23H22N2O7S/c1-16(23(27)31-3)25(33(28,29)19-12-10-18(30-2)11-13-19)15-17-7-4-5-8-20(17)24-22(26)21-9-6-14-32-21/h4-14H,1,15H2,2-3H3,(H,24,26). The van der Waals surface area contributed by atoms with E-state index >= 15 is 0 Å². The molecule has 0 aliphatic heterocycles. The van der Waals surface area contributed by atoms with Gasteiger partial charge in [0, 0.05) is 5.69 Å². The average molecular weight is 471 g/mol. The van der Waals surface area contributed by atoms with Crippen molar-refractivity contribution in [2.75, 3.05) is 19.5 Å². The Balaban J connectivity index is 1.98. The smallest absolute Gasteiger partial charge is 0.354 e. The SMILES string of the molecule is C=C(C(=O)OC)N(Cc1ccccc1NC(=O)c1ccco1)S(=O)(=O)c1ccc(OC)cc1. The van der Waals surface area contributed by atoms with Gasteiger partial charge < -0.3 is 19.2 Å². The van der Waals surface area contributed by atoms with Gasteiger partial charge in [0.05, 0.1) is 31.9 Å². The maximum Gasteiger partial charge on any atom is 0.354 e. The minimum Gasteiger partial charge on any atom is -0.497 e. The number of hydrogen-bond donors (Lipinski definition) is 1. The van der Waals surface area contributed by atoms with Gasteiger partial charge in [0.25, 0.3) is 15.9 Å². The first kappa shape index (κ1) is 23.6. The predicted molar refractivity (Wildman–Crippen MR) is 120 cm³/mol. The first-order valence-corrected chi connectivity index (χ1v) is 11.1. The van der Waals surface area contributed by atoms with Gasteiger partial charge in [-0.25, -0.2) is 13.2 Å². The molecule has 0 fully saturated rings. The summed E-state index contributed by atoms with van der Waals surface area (Å²) in [6.45, 7) is 3.33. The van der Waals surface area contributed by atoms with E-state index in [1.165, 1.54) is 43.7 Å². The Bertz CT molecular complexity index is 1250. The molecule has 1 aromatic heterocycles. The van der Waals surface area contributed by atoms with Gasteiger partial charge in [-0.05, 0) is 48.0 Å². The minimum atomic E-state index is -4.22. The lowest BCUT2D eigenvalue weighted by molar-refractivity contribution is -0.137. The molecule has 1 heterocycles. The van der Waals surface area contributed by atoms with Crippen LogP contribution >= 0.6 is 0 Å². The average Bonchev–Trinajstić information content (AvgIpc) is 3.37. The van der Waals surface area contributed by atoms with Gasteiger partial charge in [0.2, 0.25) is 0 Å². The summed E-state index contributed by atoms with van der Waals surface area (Å²) in [4.78, 5) is 24.6. The number of nitrogens with zero attached hydrogens (tertiary/aromatic N) is 1. The van der Waals surface area contributed by atoms with E-state index in [0.717, 1.165) is 11.4 Å². The molecule has 2 aromatic carbocycles. The summed E-state index contributed by atoms with van der Waals surface area (Å²) in [6.07, 6.45) is 1.37. The van der Waals surface area contributed by atoms with Crippen LogP contribution in [0, 0.1) is 0 Å². The highest BCUT2D eigenvalue weighted by Gasteiger charge is 2.30. The highest BCUT2D eigenvalue weighted by molar-refractivity contribution is 7.89. The molecule has 10 heteroatoms. The lowest BCUT2D eigenvalue weighted by atomic mass is 10.1. The molecule has 3 rings (SSSR count). The van der Waals surface area contributed by atoms with Crippen LogP contribution in [0.2, 0.25) is 0 Å². The van der Waals surface area contributed by atoms with E-state index < -0.39 is 21.9 Å². The number of methoxy groups -OCH3 is 2. The number of benzene rings is 2. The van der Waals surface area contributed by atoms with Crippen molar-refractivity contribution in [1.29, 1.82) is 0 Å². The molecular formula is C23H22N2O7S. The summed E-state index contributed by atoms with van der Waals surface area (Å²) < 4.78 is 42.6. The number of hydrogen-bond acceptors (Lipinski definition) is 7. The van der Waals surface area contributed by atoms with E-state index in [9.17, 15) is 18.0 Å². The zero-order valence-corrected chi connectivity index (χ0v) is 18.8. The molecule has 0 aliphatic carbocycles. The number of para-hydroxylation sites is 1. The maximum absolute atomic E-state index is 13.4. The number of carbonyl (C=O) groups excluding carboxylic acids is 2. The summed E-state index contributed by atoms with van der Waals surface area (Å²) in [5.41, 5.74) is 0.367. The van der Waals surface area contributed by atoms with Crippen LogP contribution in [0.1, 0.15) is 16.1 Å². The highest BCUT2D eigenvalue weighted by Crippen LogP contribution is 2.27. The monoisotopic (exact) mass is 470 g/mol. The van der Waals surface area contributed by atoms with Gasteiger partial charge in [0.15, 0.2) is 5.76 Å². The van der Waals surface area contributed by atoms with Crippen LogP contribution in [-0.4, -0.2) is 38.8 Å². The molecule has 3 aromatic rings. The van der Waals surface area contributed by atoms with Gasteiger partial charge in [-0.15, -0.1) is 0 Å². The third kappa shape index (κ3) is 5.24. The molecule has 9 nitrogen and oxygen atoms in total. The Labute approximate surface area is 191 Å². The summed E-state index contributed by atoms with van der Waals surface area (Å²) in [6, 6.07) is 15.4. The van der Waals surface area contributed by atoms with E-state index in [0.29, 0.717) is 17.0 Å². The Morgan fingerprint density at radius 2 is 1.73 bits per heavy atom. The molecule has 33 heavy (non-hydrogen) atoms. The van der Waals surface area contributed by atoms with Crippen LogP contribution in [0.3, 0.4) is 0 Å². The first-order chi connectivity index (χ1) is 15.8. The number of rotatable bonds is 9. The zero-order chi connectivity index (χ0) is 24.0. The van der Waals surface area contributed by atoms with Gasteiger partial charge in [-0.1, -0.05) is 24.8 Å². The van der Waals surface area contributed by atoms with Crippen LogP contribution in [0.15, 0.2) is 88.5 Å². The number of nitrogens with one attached hydrogen (secondary N) is 1. The summed E-state index contributed by atoms with van der Waals surface area (Å²) in [7, 11) is -1.63. The second-order valence-electron chi connectivity index (χ2n) is 6.71. The summed E-state index contributed by atoms with van der Waals surface area (Å²) in [5.74, 6) is -0.863. The number of carbonyl (C=O) groups is 2. The predicted octanol–water partition coefficient (Wildman–Crippen LogP) is 3.42. The van der Waals surface area contributed by atoms with Crippen molar-refractivity contribution >= 4 is 27.6 Å². The van der Waals surface area contributed by atoms with Crippen molar-refractivity contribution in [1.82, 2.24) is 4.31 Å². The van der Waals surface area contributed by atoms with E-state index in [-0.39, 0.29) is 22.9 Å². The molecule has 172 valence electrons. The van der Waals surface area contributed by atoms with E-state index in [1.54, 1.807) is 30.3 Å². The fourth-order valence-corrected chi connectivity index (χ4v) is 4.35. The van der Waals surface area contributed by atoms with Gasteiger partial charge in [0.1, 0.15) is 11.4 Å². The lowest BCUT2D eigenvalue weighted by Crippen LogP contribution is -2.33. The number of furan rings is 1. The summed E-state index contributed by atoms with van der Waals surface area (Å²) in [5, 5.41) is 2.69. The van der Waals surface area contributed by atoms with Crippen molar-refractivity contribution in [3.8, 4) is 5.75 Å². The molecule has 0 spiro atoms. The quantitative estimate of drug-likeness (QED) is 0.376. The lowest BCUT2D eigenvalue weighted by Gasteiger charge is -2.26. The molecule has 0 atom stereocenters. The van der Waals surface area contributed by atoms with Crippen molar-refractivity contribution in [3.05, 3.63) is 90.5 Å². The Morgan fingerprint density at radius 1 is 1.03 bits per heavy atom. The fraction of sp³-hybridized carbons (Fsp3) is 0.130. The van der Waals surface area contributed by atoms with Crippen LogP contribution < -0.4 is 10.1 Å². The van der Waals surface area contributed by atoms with E-state index in [2.05, 4.69) is 11.9 Å². The third-order valence-electron chi connectivity index (χ3n) is 4.69. The van der Waals surface area contributed by atoms with Crippen LogP contribution in [0.25, 0.3) is 0 Å². The van der Waals surface area contributed by atoms with Crippen molar-refractivity contribution in [2.24, 2.45) is 0 Å². The van der Waals surface area contributed by atoms with E-state index in [4.69, 9.17) is 13.9 Å². The van der Waals surface area contributed by atoms with Crippen molar-refractivity contribution < 1.29 is 31.9 Å². The van der Waals surface area contributed by atoms with Crippen molar-refractivity contribution in [2.45, 2.75) is 11.4 Å². The Kier molecular flexibility index (Phi) is 7.19. The van der Waals surface area contributed by atoms with Crippen LogP contribution in [0.4, 0.5) is 5.69 Å². The molecule has 0 saturated heterocycles. The topological polar surface area (TPSA) is 115 Å². The van der Waals surface area contributed by atoms with Gasteiger partial charge in [-0.2, -0.15) is 0 Å². The normalized spacial score (nSPS) is 10.8. The Morgan fingerprint density at radius 3 is 2.33 bits per heavy atom. The number of sulfonamides is 1. The molecule has 0 saturated carbocycles. The summed E-state index contributed by atoms with van der Waals surface area (Å²) >= 11 is 0. The van der Waals surface area contributed by atoms with Gasteiger partial charge in [-0.3, -0.25) is 9.10 Å². The molecule has 1 N–H and O–H groups in total. The number of ether oxygens (including phenoxy) is 2. The highest BCUT2D eigenvalue weighted by atomic mass is 32.2. The third-order valence-corrected chi connectivity index (χ3v) is 6.49. The second kappa shape index (κ2) is 10.0. The zero-order valence-electron chi connectivity index (χ0n) is 18.0. The number of esters is 1. The molecule has 0 aliphatic rings. The second-order valence-corrected chi connectivity index (χ2v) is 8.58. The largest absolute Gasteiger partial charge is 0.497 e. The fourth-order valence-electron chi connectivity index (χ4n) is 2.95. The van der Waals surface area contributed by atoms with Crippen molar-refractivity contribution in [3.63, 3.8) is 0 Å². The first-order valence-electron chi connectivity index (χ1n) is 9.64. The van der Waals surface area contributed by atoms with Crippen LogP contribution in [0.5, 0.6) is 5.75 Å². The van der Waals surface area contributed by atoms with E-state index in [1.807, 2.05) is 0 Å². The molecular weight excluding hydrogens is 448 g/mol. The molecule has 0 bridgehead atoms. The maximum atomic E-state index is 13.4.